The maximum Gasteiger partial charge on any atom is 0.254 e. The Morgan fingerprint density at radius 1 is 1.53 bits per heavy atom. The van der Waals surface area contributed by atoms with E-state index in [0.29, 0.717) is 11.1 Å². The molecule has 0 bridgehead atoms. The average molecular weight is 255 g/mol. The van der Waals surface area contributed by atoms with Gasteiger partial charge in [-0.25, -0.2) is 4.39 Å². The Kier molecular flexibility index (Phi) is 5.00. The van der Waals surface area contributed by atoms with Gasteiger partial charge < -0.3 is 4.90 Å². The van der Waals surface area contributed by atoms with E-state index >= 15 is 0 Å². The standard InChI is InChI=1S/C13H18FNOS/c1-9-7-11(14)5-6-12(9)13(16)15(3)10(2)8-17-4/h5-7,10H,8H2,1-4H3. The fraction of sp³-hybridized carbons (Fsp3) is 0.462. The van der Waals surface area contributed by atoms with Gasteiger partial charge >= 0.3 is 0 Å². The predicted molar refractivity (Wildman–Crippen MR) is 71.1 cm³/mol. The molecule has 4 heteroatoms. The van der Waals surface area contributed by atoms with Crippen LogP contribution in [0.25, 0.3) is 0 Å². The molecule has 1 atom stereocenters. The number of hydrogen-bond donors (Lipinski definition) is 0. The second-order valence-corrected chi connectivity index (χ2v) is 5.09. The van der Waals surface area contributed by atoms with Gasteiger partial charge in [-0.05, 0) is 43.9 Å². The van der Waals surface area contributed by atoms with Crippen LogP contribution in [0.15, 0.2) is 18.2 Å². The molecule has 0 aliphatic carbocycles. The summed E-state index contributed by atoms with van der Waals surface area (Å²) in [7, 11) is 1.78. The van der Waals surface area contributed by atoms with E-state index in [1.165, 1.54) is 12.1 Å². The SMILES string of the molecule is CSCC(C)N(C)C(=O)c1ccc(F)cc1C. The summed E-state index contributed by atoms with van der Waals surface area (Å²) in [6, 6.07) is 4.44. The molecule has 17 heavy (non-hydrogen) atoms. The van der Waals surface area contributed by atoms with Gasteiger partial charge in [0.05, 0.1) is 0 Å². The molecule has 94 valence electrons. The minimum atomic E-state index is -0.307. The van der Waals surface area contributed by atoms with Crippen LogP contribution in [0.2, 0.25) is 0 Å². The van der Waals surface area contributed by atoms with Crippen molar-refractivity contribution < 1.29 is 9.18 Å². The summed E-state index contributed by atoms with van der Waals surface area (Å²) in [4.78, 5) is 13.9. The normalized spacial score (nSPS) is 12.3. The molecule has 0 radical (unpaired) electrons. The quantitative estimate of drug-likeness (QED) is 0.824. The molecule has 0 aliphatic rings. The van der Waals surface area contributed by atoms with Crippen molar-refractivity contribution in [2.75, 3.05) is 19.1 Å². The van der Waals surface area contributed by atoms with E-state index in [1.807, 2.05) is 13.2 Å². The number of hydrogen-bond acceptors (Lipinski definition) is 2. The number of carbonyl (C=O) groups excluding carboxylic acids is 1. The zero-order valence-electron chi connectivity index (χ0n) is 10.7. The van der Waals surface area contributed by atoms with Crippen LogP contribution in [0.4, 0.5) is 4.39 Å². The monoisotopic (exact) mass is 255 g/mol. The van der Waals surface area contributed by atoms with Gasteiger partial charge in [0, 0.05) is 24.4 Å². The largest absolute Gasteiger partial charge is 0.338 e. The highest BCUT2D eigenvalue weighted by molar-refractivity contribution is 7.98. The van der Waals surface area contributed by atoms with Crippen LogP contribution >= 0.6 is 11.8 Å². The first-order valence-electron chi connectivity index (χ1n) is 5.49. The molecule has 0 saturated carbocycles. The minimum absolute atomic E-state index is 0.0518. The van der Waals surface area contributed by atoms with Crippen molar-refractivity contribution in [3.05, 3.63) is 35.1 Å². The van der Waals surface area contributed by atoms with Crippen molar-refractivity contribution >= 4 is 17.7 Å². The lowest BCUT2D eigenvalue weighted by molar-refractivity contribution is 0.0757. The van der Waals surface area contributed by atoms with Crippen LogP contribution in [-0.2, 0) is 0 Å². The molecule has 0 heterocycles. The van der Waals surface area contributed by atoms with Gasteiger partial charge in [-0.2, -0.15) is 11.8 Å². The smallest absolute Gasteiger partial charge is 0.254 e. The van der Waals surface area contributed by atoms with Crippen LogP contribution in [0.1, 0.15) is 22.8 Å². The first kappa shape index (κ1) is 14.0. The van der Waals surface area contributed by atoms with Gasteiger partial charge in [0.1, 0.15) is 5.82 Å². The Labute approximate surface area is 106 Å². The first-order valence-corrected chi connectivity index (χ1v) is 6.89. The number of thioether (sulfide) groups is 1. The van der Waals surface area contributed by atoms with Crippen LogP contribution in [-0.4, -0.2) is 35.9 Å². The summed E-state index contributed by atoms with van der Waals surface area (Å²) in [5.74, 6) is 0.533. The molecule has 0 spiro atoms. The number of halogens is 1. The van der Waals surface area contributed by atoms with Crippen molar-refractivity contribution in [2.24, 2.45) is 0 Å². The Morgan fingerprint density at radius 3 is 2.71 bits per heavy atom. The molecule has 1 unspecified atom stereocenters. The highest BCUT2D eigenvalue weighted by Crippen LogP contribution is 2.14. The lowest BCUT2D eigenvalue weighted by Gasteiger charge is -2.25. The van der Waals surface area contributed by atoms with Crippen LogP contribution < -0.4 is 0 Å². The summed E-state index contributed by atoms with van der Waals surface area (Å²) in [6.07, 6.45) is 2.01. The fourth-order valence-corrected chi connectivity index (χ4v) is 2.32. The number of rotatable bonds is 4. The molecule has 1 aromatic carbocycles. The summed E-state index contributed by atoms with van der Waals surface area (Å²) >= 11 is 1.70. The van der Waals surface area contributed by atoms with Crippen molar-refractivity contribution in [1.82, 2.24) is 4.90 Å². The molecule has 1 rings (SSSR count). The van der Waals surface area contributed by atoms with E-state index in [4.69, 9.17) is 0 Å². The molecule has 0 N–H and O–H groups in total. The van der Waals surface area contributed by atoms with E-state index in [0.717, 1.165) is 5.75 Å². The molecule has 1 aromatic rings. The van der Waals surface area contributed by atoms with Gasteiger partial charge in [0.25, 0.3) is 5.91 Å². The topological polar surface area (TPSA) is 20.3 Å². The van der Waals surface area contributed by atoms with Gasteiger partial charge in [-0.1, -0.05) is 0 Å². The lowest BCUT2D eigenvalue weighted by Crippen LogP contribution is -2.36. The van der Waals surface area contributed by atoms with E-state index in [2.05, 4.69) is 0 Å². The summed E-state index contributed by atoms with van der Waals surface area (Å²) < 4.78 is 13.0. The summed E-state index contributed by atoms with van der Waals surface area (Å²) in [5, 5.41) is 0. The number of benzene rings is 1. The number of carbonyl (C=O) groups is 1. The third kappa shape index (κ3) is 3.46. The molecular formula is C13H18FNOS. The Hall–Kier alpha value is -1.03. The molecule has 0 saturated heterocycles. The Bertz CT molecular complexity index is 408. The summed E-state index contributed by atoms with van der Waals surface area (Å²) in [5.41, 5.74) is 1.25. The van der Waals surface area contributed by atoms with Crippen molar-refractivity contribution in [1.29, 1.82) is 0 Å². The lowest BCUT2D eigenvalue weighted by atomic mass is 10.1. The second-order valence-electron chi connectivity index (χ2n) is 4.18. The van der Waals surface area contributed by atoms with Crippen molar-refractivity contribution in [3.63, 3.8) is 0 Å². The van der Waals surface area contributed by atoms with Crippen molar-refractivity contribution in [2.45, 2.75) is 19.9 Å². The predicted octanol–water partition coefficient (Wildman–Crippen LogP) is 2.96. The fourth-order valence-electron chi connectivity index (χ4n) is 1.61. The zero-order chi connectivity index (χ0) is 13.0. The average Bonchev–Trinajstić information content (AvgIpc) is 2.27. The molecule has 2 nitrogen and oxygen atoms in total. The number of amides is 1. The molecule has 0 aromatic heterocycles. The van der Waals surface area contributed by atoms with Gasteiger partial charge in [-0.15, -0.1) is 0 Å². The van der Waals surface area contributed by atoms with Crippen LogP contribution in [0.3, 0.4) is 0 Å². The highest BCUT2D eigenvalue weighted by Gasteiger charge is 2.18. The molecule has 1 amide bonds. The number of aryl methyl sites for hydroxylation is 1. The van der Waals surface area contributed by atoms with E-state index in [1.54, 1.807) is 36.7 Å². The maximum absolute atomic E-state index is 13.0. The van der Waals surface area contributed by atoms with E-state index in [9.17, 15) is 9.18 Å². The van der Waals surface area contributed by atoms with Gasteiger partial charge in [0.15, 0.2) is 0 Å². The van der Waals surface area contributed by atoms with Gasteiger partial charge in [0.2, 0.25) is 0 Å². The third-order valence-corrected chi connectivity index (χ3v) is 3.62. The minimum Gasteiger partial charge on any atom is -0.338 e. The Morgan fingerprint density at radius 2 is 2.18 bits per heavy atom. The Balaban J connectivity index is 2.88. The first-order chi connectivity index (χ1) is 7.97. The maximum atomic E-state index is 13.0. The van der Waals surface area contributed by atoms with E-state index in [-0.39, 0.29) is 17.8 Å². The number of nitrogens with zero attached hydrogens (tertiary/aromatic N) is 1. The second kappa shape index (κ2) is 6.05. The zero-order valence-corrected chi connectivity index (χ0v) is 11.5. The highest BCUT2D eigenvalue weighted by atomic mass is 32.2. The summed E-state index contributed by atoms with van der Waals surface area (Å²) in [6.45, 7) is 3.76. The molecule has 0 fully saturated rings. The van der Waals surface area contributed by atoms with Crippen LogP contribution in [0, 0.1) is 12.7 Å². The van der Waals surface area contributed by atoms with E-state index < -0.39 is 0 Å². The van der Waals surface area contributed by atoms with Crippen LogP contribution in [0.5, 0.6) is 0 Å². The van der Waals surface area contributed by atoms with Gasteiger partial charge in [-0.3, -0.25) is 4.79 Å². The molecular weight excluding hydrogens is 237 g/mol. The molecule has 0 aliphatic heterocycles. The van der Waals surface area contributed by atoms with Crippen molar-refractivity contribution in [3.8, 4) is 0 Å². The third-order valence-electron chi connectivity index (χ3n) is 2.81.